The summed E-state index contributed by atoms with van der Waals surface area (Å²) < 4.78 is 20.0. The molecule has 0 bridgehead atoms. The predicted molar refractivity (Wildman–Crippen MR) is 77.5 cm³/mol. The van der Waals surface area contributed by atoms with Crippen molar-refractivity contribution >= 4 is 15.9 Å². The van der Waals surface area contributed by atoms with Crippen LogP contribution in [0.4, 0.5) is 4.39 Å². The number of nitrogens with one attached hydrogen (secondary N) is 1. The minimum atomic E-state index is -0.206. The van der Waals surface area contributed by atoms with Crippen molar-refractivity contribution in [1.29, 1.82) is 0 Å². The van der Waals surface area contributed by atoms with E-state index in [-0.39, 0.29) is 11.9 Å². The molecule has 102 valence electrons. The van der Waals surface area contributed by atoms with Crippen LogP contribution in [0.25, 0.3) is 0 Å². The average Bonchev–Trinajstić information content (AvgIpc) is 2.91. The van der Waals surface area contributed by atoms with Crippen molar-refractivity contribution in [2.75, 3.05) is 6.54 Å². The van der Waals surface area contributed by atoms with E-state index in [9.17, 15) is 4.39 Å². The van der Waals surface area contributed by atoms with Crippen molar-refractivity contribution in [3.8, 4) is 0 Å². The molecule has 4 heteroatoms. The number of furan rings is 1. The molecular formula is C15H17BrFNO. The Labute approximate surface area is 121 Å². The summed E-state index contributed by atoms with van der Waals surface area (Å²) in [4.78, 5) is 0. The molecule has 0 aliphatic carbocycles. The van der Waals surface area contributed by atoms with Crippen LogP contribution in [0.3, 0.4) is 0 Å². The van der Waals surface area contributed by atoms with Crippen LogP contribution in [0.5, 0.6) is 0 Å². The highest BCUT2D eigenvalue weighted by molar-refractivity contribution is 9.10. The van der Waals surface area contributed by atoms with Crippen molar-refractivity contribution in [2.24, 2.45) is 0 Å². The third kappa shape index (κ3) is 3.67. The zero-order chi connectivity index (χ0) is 13.7. The van der Waals surface area contributed by atoms with E-state index in [2.05, 4.69) is 28.2 Å². The first-order chi connectivity index (χ1) is 9.22. The molecule has 1 N–H and O–H groups in total. The van der Waals surface area contributed by atoms with Gasteiger partial charge in [0.05, 0.1) is 10.7 Å². The van der Waals surface area contributed by atoms with E-state index in [0.29, 0.717) is 16.5 Å². The van der Waals surface area contributed by atoms with Gasteiger partial charge in [-0.15, -0.1) is 0 Å². The highest BCUT2D eigenvalue weighted by atomic mass is 79.9. The van der Waals surface area contributed by atoms with E-state index in [1.54, 1.807) is 12.3 Å². The molecule has 0 saturated heterocycles. The Morgan fingerprint density at radius 3 is 2.84 bits per heavy atom. The van der Waals surface area contributed by atoms with E-state index in [1.165, 1.54) is 0 Å². The normalized spacial score (nSPS) is 12.6. The van der Waals surface area contributed by atoms with E-state index in [0.717, 1.165) is 18.7 Å². The van der Waals surface area contributed by atoms with E-state index >= 15 is 0 Å². The van der Waals surface area contributed by atoms with Crippen molar-refractivity contribution in [2.45, 2.75) is 25.8 Å². The lowest BCUT2D eigenvalue weighted by molar-refractivity contribution is 0.437. The zero-order valence-electron chi connectivity index (χ0n) is 10.8. The molecule has 1 heterocycles. The van der Waals surface area contributed by atoms with Gasteiger partial charge in [0.15, 0.2) is 0 Å². The lowest BCUT2D eigenvalue weighted by Gasteiger charge is -2.19. The summed E-state index contributed by atoms with van der Waals surface area (Å²) >= 11 is 3.23. The van der Waals surface area contributed by atoms with Gasteiger partial charge in [-0.25, -0.2) is 4.39 Å². The summed E-state index contributed by atoms with van der Waals surface area (Å²) in [6.07, 6.45) is 3.29. The SMILES string of the molecule is CCCNC(Cc1ccco1)c1cccc(Br)c1F. The van der Waals surface area contributed by atoms with Crippen LogP contribution in [0, 0.1) is 5.82 Å². The lowest BCUT2D eigenvalue weighted by atomic mass is 10.0. The summed E-state index contributed by atoms with van der Waals surface area (Å²) in [5, 5.41) is 3.37. The molecule has 1 atom stereocenters. The van der Waals surface area contributed by atoms with Crippen molar-refractivity contribution in [3.05, 3.63) is 58.2 Å². The molecule has 0 radical (unpaired) electrons. The number of rotatable bonds is 6. The second kappa shape index (κ2) is 6.87. The maximum atomic E-state index is 14.2. The molecule has 1 aromatic carbocycles. The Kier molecular flexibility index (Phi) is 5.16. The van der Waals surface area contributed by atoms with Crippen molar-refractivity contribution < 1.29 is 8.81 Å². The van der Waals surface area contributed by atoms with E-state index in [1.807, 2.05) is 24.3 Å². The van der Waals surface area contributed by atoms with Gasteiger partial charge in [0, 0.05) is 18.0 Å². The molecule has 0 saturated carbocycles. The molecule has 2 aromatic rings. The van der Waals surface area contributed by atoms with Gasteiger partial charge in [-0.1, -0.05) is 19.1 Å². The van der Waals surface area contributed by atoms with Crippen LogP contribution in [0.2, 0.25) is 0 Å². The molecular weight excluding hydrogens is 309 g/mol. The summed E-state index contributed by atoms with van der Waals surface area (Å²) in [5.74, 6) is 0.649. The van der Waals surface area contributed by atoms with Gasteiger partial charge in [0.2, 0.25) is 0 Å². The van der Waals surface area contributed by atoms with Crippen LogP contribution in [0.1, 0.15) is 30.7 Å². The molecule has 2 nitrogen and oxygen atoms in total. The fourth-order valence-electron chi connectivity index (χ4n) is 2.03. The topological polar surface area (TPSA) is 25.2 Å². The second-order valence-electron chi connectivity index (χ2n) is 4.43. The van der Waals surface area contributed by atoms with Crippen LogP contribution < -0.4 is 5.32 Å². The molecule has 19 heavy (non-hydrogen) atoms. The smallest absolute Gasteiger partial charge is 0.142 e. The summed E-state index contributed by atoms with van der Waals surface area (Å²) in [5.41, 5.74) is 0.666. The van der Waals surface area contributed by atoms with Gasteiger partial charge < -0.3 is 9.73 Å². The minimum Gasteiger partial charge on any atom is -0.469 e. The summed E-state index contributed by atoms with van der Waals surface area (Å²) in [6, 6.07) is 9.06. The summed E-state index contributed by atoms with van der Waals surface area (Å²) in [6.45, 7) is 2.94. The molecule has 0 aliphatic heterocycles. The van der Waals surface area contributed by atoms with Gasteiger partial charge in [0.1, 0.15) is 11.6 Å². The fourth-order valence-corrected chi connectivity index (χ4v) is 2.41. The summed E-state index contributed by atoms with van der Waals surface area (Å²) in [7, 11) is 0. The number of benzene rings is 1. The third-order valence-corrected chi connectivity index (χ3v) is 3.60. The first-order valence-electron chi connectivity index (χ1n) is 6.42. The maximum Gasteiger partial charge on any atom is 0.142 e. The number of halogens is 2. The Bertz CT molecular complexity index is 513. The third-order valence-electron chi connectivity index (χ3n) is 2.98. The molecule has 0 spiro atoms. The Morgan fingerprint density at radius 1 is 1.32 bits per heavy atom. The Morgan fingerprint density at radius 2 is 2.16 bits per heavy atom. The standard InChI is InChI=1S/C15H17BrFNO/c1-2-8-18-14(10-11-5-4-9-19-11)12-6-3-7-13(16)15(12)17/h3-7,9,14,18H,2,8,10H2,1H3. The van der Waals surface area contributed by atoms with Crippen LogP contribution in [-0.2, 0) is 6.42 Å². The Balaban J connectivity index is 2.23. The lowest BCUT2D eigenvalue weighted by Crippen LogP contribution is -2.25. The van der Waals surface area contributed by atoms with Gasteiger partial charge in [-0.05, 0) is 47.1 Å². The molecule has 0 amide bonds. The molecule has 0 aliphatic rings. The van der Waals surface area contributed by atoms with Crippen LogP contribution in [-0.4, -0.2) is 6.54 Å². The van der Waals surface area contributed by atoms with Gasteiger partial charge in [0.25, 0.3) is 0 Å². The van der Waals surface area contributed by atoms with Crippen LogP contribution >= 0.6 is 15.9 Å². The van der Waals surface area contributed by atoms with Crippen LogP contribution in [0.15, 0.2) is 45.5 Å². The van der Waals surface area contributed by atoms with Crippen molar-refractivity contribution in [3.63, 3.8) is 0 Å². The first kappa shape index (κ1) is 14.3. The number of hydrogen-bond donors (Lipinski definition) is 1. The monoisotopic (exact) mass is 325 g/mol. The zero-order valence-corrected chi connectivity index (χ0v) is 12.4. The highest BCUT2D eigenvalue weighted by Gasteiger charge is 2.18. The average molecular weight is 326 g/mol. The first-order valence-corrected chi connectivity index (χ1v) is 7.21. The molecule has 2 rings (SSSR count). The molecule has 0 fully saturated rings. The van der Waals surface area contributed by atoms with Crippen molar-refractivity contribution in [1.82, 2.24) is 5.32 Å². The van der Waals surface area contributed by atoms with E-state index in [4.69, 9.17) is 4.42 Å². The molecule has 1 aromatic heterocycles. The van der Waals surface area contributed by atoms with Gasteiger partial charge in [-0.2, -0.15) is 0 Å². The van der Waals surface area contributed by atoms with Gasteiger partial charge >= 0.3 is 0 Å². The largest absolute Gasteiger partial charge is 0.469 e. The van der Waals surface area contributed by atoms with Gasteiger partial charge in [-0.3, -0.25) is 0 Å². The fraction of sp³-hybridized carbons (Fsp3) is 0.333. The predicted octanol–water partition coefficient (Wildman–Crippen LogP) is 4.46. The minimum absolute atomic E-state index is 0.0800. The molecule has 1 unspecified atom stereocenters. The quantitative estimate of drug-likeness (QED) is 0.847. The van der Waals surface area contributed by atoms with E-state index < -0.39 is 0 Å². The number of hydrogen-bond acceptors (Lipinski definition) is 2. The highest BCUT2D eigenvalue weighted by Crippen LogP contribution is 2.26. The second-order valence-corrected chi connectivity index (χ2v) is 5.29. The maximum absolute atomic E-state index is 14.2. The Hall–Kier alpha value is -1.13.